The van der Waals surface area contributed by atoms with Crippen LogP contribution >= 0.6 is 0 Å². The summed E-state index contributed by atoms with van der Waals surface area (Å²) < 4.78 is 48.2. The van der Waals surface area contributed by atoms with Gasteiger partial charge in [-0.15, -0.1) is 0 Å². The van der Waals surface area contributed by atoms with Crippen LogP contribution in [0.1, 0.15) is 130 Å². The average molecular weight is 1100 g/mol. The van der Waals surface area contributed by atoms with Gasteiger partial charge in [-0.1, -0.05) is 20.8 Å². The van der Waals surface area contributed by atoms with Crippen LogP contribution in [0.2, 0.25) is 18.1 Å². The fourth-order valence-corrected chi connectivity index (χ4v) is 10.3. The molecule has 4 aliphatic rings. The Kier molecular flexibility index (Phi) is 20.5. The maximum Gasteiger partial charge on any atom is 0.410 e. The van der Waals surface area contributed by atoms with Gasteiger partial charge in [0, 0.05) is 45.1 Å². The molecule has 8 N–H and O–H groups in total. The number of alkyl carbamates (subject to hydrolysis) is 2. The third-order valence-corrected chi connectivity index (χ3v) is 18.4. The molecule has 0 radical (unpaired) electrons. The molecular formula is C52H94N6O17Si. The second-order valence-corrected chi connectivity index (χ2v) is 31.3. The lowest BCUT2D eigenvalue weighted by atomic mass is 9.72. The van der Waals surface area contributed by atoms with Crippen molar-refractivity contribution in [2.75, 3.05) is 46.4 Å². The van der Waals surface area contributed by atoms with E-state index in [9.17, 15) is 44.4 Å². The summed E-state index contributed by atoms with van der Waals surface area (Å²) in [5, 5.41) is 60.7. The Balaban J connectivity index is 1.82. The fraction of sp³-hybridized carbons (Fsp3) is 0.865. The number of nitrogens with one attached hydrogen (secondary N) is 4. The van der Waals surface area contributed by atoms with Gasteiger partial charge in [-0.25, -0.2) is 19.2 Å². The molecule has 3 fully saturated rings. The van der Waals surface area contributed by atoms with Crippen molar-refractivity contribution < 1.29 is 82.0 Å². The highest BCUT2D eigenvalue weighted by molar-refractivity contribution is 6.74. The maximum absolute atomic E-state index is 14.5. The summed E-state index contributed by atoms with van der Waals surface area (Å²) in [4.78, 5) is 70.9. The Bertz CT molecular complexity index is 2060. The van der Waals surface area contributed by atoms with Crippen LogP contribution < -0.4 is 21.3 Å². The minimum atomic E-state index is -2.17. The van der Waals surface area contributed by atoms with E-state index in [1.54, 1.807) is 89.2 Å². The molecule has 2 unspecified atom stereocenters. The zero-order chi connectivity index (χ0) is 57.9. The number of β-amino-alcohol motifs (C(OH)–C–C–N with tert-alkyl or cyclic N) is 1. The summed E-state index contributed by atoms with van der Waals surface area (Å²) in [7, 11) is -0.723. The Morgan fingerprint density at radius 1 is 0.789 bits per heavy atom. The Labute approximate surface area is 451 Å². The van der Waals surface area contributed by atoms with Crippen molar-refractivity contribution in [2.45, 2.75) is 237 Å². The number of likely N-dealkylation sites (N-methyl/N-ethyl adjacent to an activating group) is 1. The molecular weight excluding hydrogens is 1010 g/mol. The largest absolute Gasteiger partial charge is 0.491 e. The lowest BCUT2D eigenvalue weighted by Crippen LogP contribution is -2.71. The van der Waals surface area contributed by atoms with Gasteiger partial charge in [-0.05, 0) is 127 Å². The number of nitrogens with zero attached hydrogens (tertiary/aromatic N) is 2. The third kappa shape index (κ3) is 18.0. The molecule has 2 saturated heterocycles. The van der Waals surface area contributed by atoms with E-state index in [1.165, 1.54) is 18.9 Å². The van der Waals surface area contributed by atoms with Gasteiger partial charge in [0.1, 0.15) is 52.1 Å². The molecule has 24 heteroatoms. The van der Waals surface area contributed by atoms with E-state index in [1.807, 2.05) is 0 Å². The number of carbonyl (C=O) groups excluding carboxylic acids is 5. The van der Waals surface area contributed by atoms with E-state index in [4.69, 9.17) is 37.6 Å². The third-order valence-electron chi connectivity index (χ3n) is 13.8. The number of hydrogen-bond acceptors (Lipinski definition) is 18. The van der Waals surface area contributed by atoms with Gasteiger partial charge in [0.15, 0.2) is 20.2 Å². The molecule has 0 aromatic heterocycles. The highest BCUT2D eigenvalue weighted by atomic mass is 28.4. The summed E-state index contributed by atoms with van der Waals surface area (Å²) in [5.41, 5.74) is -7.76. The van der Waals surface area contributed by atoms with Gasteiger partial charge in [-0.3, -0.25) is 4.79 Å². The fourth-order valence-electron chi connectivity index (χ4n) is 9.26. The van der Waals surface area contributed by atoms with Crippen LogP contribution in [0.15, 0.2) is 11.8 Å². The first kappa shape index (κ1) is 64.5. The first-order chi connectivity index (χ1) is 34.4. The molecule has 12 atom stereocenters. The summed E-state index contributed by atoms with van der Waals surface area (Å²) >= 11 is 0. The number of ether oxygens (including phenoxy) is 7. The molecule has 0 bridgehead atoms. The van der Waals surface area contributed by atoms with E-state index in [2.05, 4.69) is 55.1 Å². The second kappa shape index (κ2) is 24.2. The van der Waals surface area contributed by atoms with Gasteiger partial charge in [0.05, 0.1) is 43.9 Å². The zero-order valence-corrected chi connectivity index (χ0v) is 49.7. The molecule has 0 aromatic rings. The van der Waals surface area contributed by atoms with Crippen molar-refractivity contribution in [3.63, 3.8) is 0 Å². The smallest absolute Gasteiger partial charge is 0.410 e. The van der Waals surface area contributed by atoms with E-state index >= 15 is 0 Å². The van der Waals surface area contributed by atoms with Crippen LogP contribution in [0.4, 0.5) is 19.2 Å². The molecule has 76 heavy (non-hydrogen) atoms. The Morgan fingerprint density at radius 3 is 1.88 bits per heavy atom. The van der Waals surface area contributed by atoms with E-state index in [-0.39, 0.29) is 37.4 Å². The molecule has 3 aliphatic heterocycles. The number of aliphatic hydroxyl groups excluding tert-OH is 2. The Morgan fingerprint density at radius 2 is 1.34 bits per heavy atom. The van der Waals surface area contributed by atoms with Crippen molar-refractivity contribution >= 4 is 38.6 Å². The summed E-state index contributed by atoms with van der Waals surface area (Å²) in [5.74, 6) is -1.76. The molecule has 0 spiro atoms. The monoisotopic (exact) mass is 1100 g/mol. The van der Waals surface area contributed by atoms with Crippen LogP contribution in [0, 0.1) is 5.92 Å². The molecule has 5 amide bonds. The molecule has 4 rings (SSSR count). The highest BCUT2D eigenvalue weighted by Gasteiger charge is 2.58. The second-order valence-electron chi connectivity index (χ2n) is 26.5. The standard InChI is InChI=1S/C52H94N6O17Si/c1-46(2,3)72-42(62)55-31-21-20-30(27-53-23-25-69-76(18,19)50(13,14)15)70-37(31)34-32(56-43(63)73-47(4,5)6)26-33(54-41(61)52(67)22-24-58(28-52)45(65)75-49(10,11)12)38(35(34)59)71-40-36(60)39(51(16,66)29-68-40)57(17)44(64)74-48(7,8)9/h20,31-40,53,59-60,66-67H,21-29H2,1-19H3,(H,54,61)(H,55,62)(H,56,63)/t31-,32+,33-,34?,35+,36-,37+,38+,39-,40-,51+,52?/m1/s1. The van der Waals surface area contributed by atoms with Crippen LogP contribution in [-0.2, 0) is 42.4 Å². The lowest BCUT2D eigenvalue weighted by Gasteiger charge is -2.52. The van der Waals surface area contributed by atoms with E-state index < -0.39 is 146 Å². The normalized spacial score (nSPS) is 30.8. The maximum atomic E-state index is 14.5. The van der Waals surface area contributed by atoms with E-state index in [0.29, 0.717) is 18.9 Å². The van der Waals surface area contributed by atoms with Gasteiger partial charge in [0.2, 0.25) is 0 Å². The van der Waals surface area contributed by atoms with Crippen LogP contribution in [0.5, 0.6) is 0 Å². The van der Waals surface area contributed by atoms with Gasteiger partial charge in [0.25, 0.3) is 5.91 Å². The Hall–Kier alpha value is -4.01. The summed E-state index contributed by atoms with van der Waals surface area (Å²) in [6, 6.07) is -4.83. The lowest BCUT2D eigenvalue weighted by molar-refractivity contribution is -0.306. The number of rotatable bonds is 14. The van der Waals surface area contributed by atoms with Crippen LogP contribution in [0.25, 0.3) is 0 Å². The SMILES string of the molecule is CN(C(=O)OC(C)(C)C)[C@@H]1[C@@H](O)[C@@H](O[C@H]2[C@H](NC(=O)C3(O)CCN(C(=O)OC(C)(C)C)C3)C[C@H](NC(=O)OC(C)(C)C)C([C@H]3OC(CNCCO[Si](C)(C)C(C)(C)C)=CC[C@H]3NC(=O)OC(C)(C)C)[C@@H]2O)OC[C@]1(C)O. The molecule has 438 valence electrons. The van der Waals surface area contributed by atoms with Crippen LogP contribution in [-0.4, -0.2) is 204 Å². The molecule has 1 aliphatic carbocycles. The summed E-state index contributed by atoms with van der Waals surface area (Å²) in [6.45, 7) is 32.4. The number of amides is 5. The number of hydrogen-bond donors (Lipinski definition) is 8. The van der Waals surface area contributed by atoms with Gasteiger partial charge in [-0.2, -0.15) is 0 Å². The predicted octanol–water partition coefficient (Wildman–Crippen LogP) is 4.38. The van der Waals surface area contributed by atoms with Crippen LogP contribution in [0.3, 0.4) is 0 Å². The molecule has 3 heterocycles. The highest BCUT2D eigenvalue weighted by Crippen LogP contribution is 2.40. The molecule has 23 nitrogen and oxygen atoms in total. The van der Waals surface area contributed by atoms with E-state index in [0.717, 1.165) is 4.90 Å². The first-order valence-electron chi connectivity index (χ1n) is 26.4. The van der Waals surface area contributed by atoms with Crippen molar-refractivity contribution in [2.24, 2.45) is 5.92 Å². The predicted molar refractivity (Wildman–Crippen MR) is 282 cm³/mol. The number of likely N-dealkylation sites (tertiary alicyclic amines) is 1. The quantitative estimate of drug-likeness (QED) is 0.0680. The minimum absolute atomic E-state index is 0.00273. The van der Waals surface area contributed by atoms with Gasteiger partial charge < -0.3 is 89.1 Å². The first-order valence-corrected chi connectivity index (χ1v) is 29.4. The molecule has 1 saturated carbocycles. The number of aliphatic hydroxyl groups is 4. The van der Waals surface area contributed by atoms with Crippen molar-refractivity contribution in [1.29, 1.82) is 0 Å². The van der Waals surface area contributed by atoms with Gasteiger partial charge >= 0.3 is 24.4 Å². The van der Waals surface area contributed by atoms with Crippen molar-refractivity contribution in [3.05, 3.63) is 11.8 Å². The summed E-state index contributed by atoms with van der Waals surface area (Å²) in [6.07, 6.45) is -9.91. The minimum Gasteiger partial charge on any atom is -0.491 e. The van der Waals surface area contributed by atoms with Crippen molar-refractivity contribution in [1.82, 2.24) is 31.1 Å². The van der Waals surface area contributed by atoms with Crippen molar-refractivity contribution in [3.8, 4) is 0 Å². The molecule has 0 aromatic carbocycles. The topological polar surface area (TPSA) is 295 Å². The average Bonchev–Trinajstić information content (AvgIpc) is 3.63. The zero-order valence-electron chi connectivity index (χ0n) is 48.7. The number of carbonyl (C=O) groups is 5.